The summed E-state index contributed by atoms with van der Waals surface area (Å²) < 4.78 is 8.06. The Bertz CT molecular complexity index is 674. The van der Waals surface area contributed by atoms with E-state index >= 15 is 0 Å². The maximum atomic E-state index is 5.70. The summed E-state index contributed by atoms with van der Waals surface area (Å²) in [6.07, 6.45) is 0. The third-order valence-electron chi connectivity index (χ3n) is 2.53. The molecule has 0 aliphatic rings. The van der Waals surface area contributed by atoms with Crippen molar-refractivity contribution in [2.24, 2.45) is 7.05 Å². The fourth-order valence-electron chi connectivity index (χ4n) is 1.66. The van der Waals surface area contributed by atoms with Gasteiger partial charge in [-0.2, -0.15) is 5.10 Å². The lowest BCUT2D eigenvalue weighted by Crippen LogP contribution is -1.90. The van der Waals surface area contributed by atoms with E-state index in [4.69, 9.17) is 16.6 Å². The molecule has 0 saturated carbocycles. The van der Waals surface area contributed by atoms with Crippen molar-refractivity contribution in [3.8, 4) is 11.6 Å². The van der Waals surface area contributed by atoms with E-state index in [0.29, 0.717) is 10.6 Å². The van der Waals surface area contributed by atoms with Crippen LogP contribution in [0.5, 0.6) is 0 Å². The molecule has 0 radical (unpaired) electrons. The van der Waals surface area contributed by atoms with Gasteiger partial charge in [-0.25, -0.2) is 0 Å². The van der Waals surface area contributed by atoms with Crippen LogP contribution < -0.4 is 0 Å². The van der Waals surface area contributed by atoms with Gasteiger partial charge in [0.15, 0.2) is 16.4 Å². The van der Waals surface area contributed by atoms with E-state index in [1.54, 1.807) is 4.57 Å². The van der Waals surface area contributed by atoms with Crippen molar-refractivity contribution in [1.29, 1.82) is 0 Å². The van der Waals surface area contributed by atoms with Gasteiger partial charge in [-0.05, 0) is 24.4 Å². The van der Waals surface area contributed by atoms with Crippen molar-refractivity contribution >= 4 is 23.2 Å². The first kappa shape index (κ1) is 9.35. The number of hydrogen-bond acceptors (Lipinski definition) is 3. The SMILES string of the molecule is Cn1c(-c2cc3ccccc3o2)n[nH]c1=S. The van der Waals surface area contributed by atoms with E-state index in [9.17, 15) is 0 Å². The topological polar surface area (TPSA) is 46.8 Å². The Labute approximate surface area is 96.5 Å². The number of furan rings is 1. The summed E-state index contributed by atoms with van der Waals surface area (Å²) in [5.74, 6) is 1.43. The van der Waals surface area contributed by atoms with Crippen LogP contribution in [0.1, 0.15) is 0 Å². The average Bonchev–Trinajstić information content (AvgIpc) is 2.84. The third-order valence-corrected chi connectivity index (χ3v) is 2.89. The lowest BCUT2D eigenvalue weighted by atomic mass is 10.2. The molecule has 5 heteroatoms. The minimum absolute atomic E-state index is 0.579. The highest BCUT2D eigenvalue weighted by atomic mass is 32.1. The molecule has 0 bridgehead atoms. The fourth-order valence-corrected chi connectivity index (χ4v) is 1.79. The van der Waals surface area contributed by atoms with E-state index in [1.165, 1.54) is 0 Å². The largest absolute Gasteiger partial charge is 0.453 e. The van der Waals surface area contributed by atoms with Crippen molar-refractivity contribution in [3.05, 3.63) is 35.1 Å². The molecular formula is C11H9N3OS. The molecule has 0 unspecified atom stereocenters. The van der Waals surface area contributed by atoms with Gasteiger partial charge in [0.25, 0.3) is 0 Å². The first-order valence-corrected chi connectivity index (χ1v) is 5.27. The Hall–Kier alpha value is -1.88. The van der Waals surface area contributed by atoms with Crippen molar-refractivity contribution in [3.63, 3.8) is 0 Å². The van der Waals surface area contributed by atoms with Gasteiger partial charge in [0, 0.05) is 12.4 Å². The van der Waals surface area contributed by atoms with Crippen LogP contribution in [0, 0.1) is 4.77 Å². The summed E-state index contributed by atoms with van der Waals surface area (Å²) in [5, 5.41) is 7.93. The van der Waals surface area contributed by atoms with Gasteiger partial charge >= 0.3 is 0 Å². The van der Waals surface area contributed by atoms with Crippen LogP contribution in [0.15, 0.2) is 34.7 Å². The zero-order valence-electron chi connectivity index (χ0n) is 8.60. The van der Waals surface area contributed by atoms with Gasteiger partial charge in [-0.15, -0.1) is 0 Å². The summed E-state index contributed by atoms with van der Waals surface area (Å²) >= 11 is 5.06. The van der Waals surface area contributed by atoms with Gasteiger partial charge in [0.2, 0.25) is 0 Å². The number of rotatable bonds is 1. The summed E-state index contributed by atoms with van der Waals surface area (Å²) in [7, 11) is 1.86. The number of para-hydroxylation sites is 1. The van der Waals surface area contributed by atoms with Gasteiger partial charge in [-0.3, -0.25) is 5.10 Å². The van der Waals surface area contributed by atoms with E-state index in [1.807, 2.05) is 37.4 Å². The number of H-pyrrole nitrogens is 1. The van der Waals surface area contributed by atoms with Crippen molar-refractivity contribution in [2.45, 2.75) is 0 Å². The molecule has 1 N–H and O–H groups in total. The number of hydrogen-bond donors (Lipinski definition) is 1. The summed E-state index contributed by atoms with van der Waals surface area (Å²) in [6.45, 7) is 0. The van der Waals surface area contributed by atoms with Crippen LogP contribution >= 0.6 is 12.2 Å². The van der Waals surface area contributed by atoms with Crippen LogP contribution in [-0.2, 0) is 7.05 Å². The molecule has 4 nitrogen and oxygen atoms in total. The Kier molecular flexibility index (Phi) is 1.94. The molecule has 3 rings (SSSR count). The lowest BCUT2D eigenvalue weighted by molar-refractivity contribution is 0.620. The molecule has 0 spiro atoms. The first-order valence-electron chi connectivity index (χ1n) is 4.86. The second kappa shape index (κ2) is 3.31. The summed E-state index contributed by atoms with van der Waals surface area (Å²) in [4.78, 5) is 0. The van der Waals surface area contributed by atoms with Crippen molar-refractivity contribution in [2.75, 3.05) is 0 Å². The first-order chi connectivity index (χ1) is 7.75. The molecule has 0 amide bonds. The van der Waals surface area contributed by atoms with Crippen molar-refractivity contribution < 1.29 is 4.42 Å². The quantitative estimate of drug-likeness (QED) is 0.655. The van der Waals surface area contributed by atoms with Crippen LogP contribution in [0.2, 0.25) is 0 Å². The smallest absolute Gasteiger partial charge is 0.198 e. The molecule has 0 aliphatic heterocycles. The molecule has 1 aromatic carbocycles. The highest BCUT2D eigenvalue weighted by molar-refractivity contribution is 7.71. The minimum Gasteiger partial charge on any atom is -0.453 e. The molecule has 2 aromatic heterocycles. The average molecular weight is 231 g/mol. The van der Waals surface area contributed by atoms with Gasteiger partial charge < -0.3 is 8.98 Å². The lowest BCUT2D eigenvalue weighted by Gasteiger charge is -1.93. The van der Waals surface area contributed by atoms with Gasteiger partial charge in [0.05, 0.1) is 0 Å². The molecule has 16 heavy (non-hydrogen) atoms. The number of nitrogens with one attached hydrogen (secondary N) is 1. The highest BCUT2D eigenvalue weighted by Gasteiger charge is 2.10. The van der Waals surface area contributed by atoms with Crippen molar-refractivity contribution in [1.82, 2.24) is 14.8 Å². The number of aromatic amines is 1. The van der Waals surface area contributed by atoms with Crippen LogP contribution in [0.4, 0.5) is 0 Å². The van der Waals surface area contributed by atoms with Gasteiger partial charge in [0.1, 0.15) is 5.58 Å². The van der Waals surface area contributed by atoms with E-state index in [0.717, 1.165) is 16.7 Å². The maximum absolute atomic E-state index is 5.70. The Morgan fingerprint density at radius 2 is 2.19 bits per heavy atom. The fraction of sp³-hybridized carbons (Fsp3) is 0.0909. The van der Waals surface area contributed by atoms with Gasteiger partial charge in [-0.1, -0.05) is 18.2 Å². The Morgan fingerprint density at radius 1 is 1.38 bits per heavy atom. The predicted octanol–water partition coefficient (Wildman–Crippen LogP) is 2.89. The maximum Gasteiger partial charge on any atom is 0.198 e. The van der Waals surface area contributed by atoms with Crippen LogP contribution in [0.25, 0.3) is 22.6 Å². The van der Waals surface area contributed by atoms with E-state index < -0.39 is 0 Å². The zero-order chi connectivity index (χ0) is 11.1. The molecule has 0 fully saturated rings. The van der Waals surface area contributed by atoms with E-state index in [-0.39, 0.29) is 0 Å². The number of aromatic nitrogens is 3. The van der Waals surface area contributed by atoms with Crippen LogP contribution in [0.3, 0.4) is 0 Å². The standard InChI is InChI=1S/C11H9N3OS/c1-14-10(12-13-11(14)16)9-6-7-4-2-3-5-8(7)15-9/h2-6H,1H3,(H,13,16). The second-order valence-electron chi connectivity index (χ2n) is 3.56. The third kappa shape index (κ3) is 1.29. The molecule has 0 atom stereocenters. The molecule has 3 aromatic rings. The number of nitrogens with zero attached hydrogens (tertiary/aromatic N) is 2. The Balaban J connectivity index is 2.26. The highest BCUT2D eigenvalue weighted by Crippen LogP contribution is 2.25. The molecule has 0 aliphatic carbocycles. The summed E-state index contributed by atoms with van der Waals surface area (Å²) in [5.41, 5.74) is 0.853. The Morgan fingerprint density at radius 3 is 2.88 bits per heavy atom. The summed E-state index contributed by atoms with van der Waals surface area (Å²) in [6, 6.07) is 9.81. The number of fused-ring (bicyclic) bond motifs is 1. The normalized spacial score (nSPS) is 11.1. The number of benzene rings is 1. The molecular weight excluding hydrogens is 222 g/mol. The second-order valence-corrected chi connectivity index (χ2v) is 3.95. The molecule has 2 heterocycles. The molecule has 80 valence electrons. The minimum atomic E-state index is 0.579. The predicted molar refractivity (Wildman–Crippen MR) is 63.6 cm³/mol. The van der Waals surface area contributed by atoms with E-state index in [2.05, 4.69) is 10.2 Å². The zero-order valence-corrected chi connectivity index (χ0v) is 9.41. The van der Waals surface area contributed by atoms with Crippen LogP contribution in [-0.4, -0.2) is 14.8 Å². The molecule has 0 saturated heterocycles. The monoisotopic (exact) mass is 231 g/mol.